The lowest BCUT2D eigenvalue weighted by Crippen LogP contribution is -2.51. The second kappa shape index (κ2) is 5.99. The lowest BCUT2D eigenvalue weighted by Gasteiger charge is -2.36. The minimum absolute atomic E-state index is 0.337. The normalized spacial score (nSPS) is 18.7. The van der Waals surface area contributed by atoms with Gasteiger partial charge in [-0.1, -0.05) is 0 Å². The summed E-state index contributed by atoms with van der Waals surface area (Å²) in [6.07, 6.45) is 3.42. The van der Waals surface area contributed by atoms with Crippen molar-refractivity contribution in [2.45, 2.75) is 39.0 Å². The number of nitrogens with zero attached hydrogens (tertiary/aromatic N) is 6. The molecule has 0 spiro atoms. The maximum Gasteiger partial charge on any atom is 0.166 e. The Labute approximate surface area is 172 Å². The summed E-state index contributed by atoms with van der Waals surface area (Å²) in [5, 5.41) is 10.9. The molecule has 0 aliphatic carbocycles. The number of H-pyrrole nitrogens is 1. The van der Waals surface area contributed by atoms with Gasteiger partial charge in [-0.05, 0) is 32.4 Å². The average Bonchev–Trinajstić information content (AvgIpc) is 3.26. The minimum Gasteiger partial charge on any atom is -0.389 e. The Morgan fingerprint density at radius 3 is 2.87 bits per heavy atom. The van der Waals surface area contributed by atoms with Gasteiger partial charge in [-0.3, -0.25) is 0 Å². The molecule has 154 valence electrons. The highest BCUT2D eigenvalue weighted by atomic mass is 16.5. The molecule has 2 N–H and O–H groups in total. The van der Waals surface area contributed by atoms with E-state index in [-0.39, 0.29) is 6.10 Å². The van der Waals surface area contributed by atoms with Crippen molar-refractivity contribution in [3.63, 3.8) is 0 Å². The van der Waals surface area contributed by atoms with Crippen LogP contribution in [0.25, 0.3) is 33.6 Å². The fourth-order valence-electron chi connectivity index (χ4n) is 4.35. The Morgan fingerprint density at radius 2 is 2.07 bits per heavy atom. The number of ether oxygens (including phenoxy) is 1. The van der Waals surface area contributed by atoms with E-state index in [4.69, 9.17) is 19.7 Å². The molecule has 1 fully saturated rings. The number of fused-ring (bicyclic) bond motifs is 4. The standard InChI is InChI=1S/C21H23N7O2/c1-11-7-22-17-14(11)6-12(8-23-17)16-25-18(27-9-13(29)10-27)15-19(26-16)28-4-5-30-21(2,3)20(28)24-15/h6-8,13,29H,4-5,9-10H2,1-3H3,(H,22,23). The third-order valence-electron chi connectivity index (χ3n) is 6.05. The second-order valence-corrected chi connectivity index (χ2v) is 8.64. The van der Waals surface area contributed by atoms with Gasteiger partial charge in [-0.25, -0.2) is 19.9 Å². The largest absolute Gasteiger partial charge is 0.389 e. The topological polar surface area (TPSA) is 105 Å². The van der Waals surface area contributed by atoms with Gasteiger partial charge in [0.1, 0.15) is 17.1 Å². The summed E-state index contributed by atoms with van der Waals surface area (Å²) < 4.78 is 8.08. The predicted molar refractivity (Wildman–Crippen MR) is 112 cm³/mol. The van der Waals surface area contributed by atoms with Crippen LogP contribution in [0.15, 0.2) is 18.5 Å². The number of aromatic amines is 1. The molecular weight excluding hydrogens is 382 g/mol. The number of β-amino-alcohol motifs (C(OH)–C–C–N with tert-alkyl or cyclic N) is 1. The van der Waals surface area contributed by atoms with E-state index in [0.717, 1.165) is 45.0 Å². The molecule has 6 rings (SSSR count). The lowest BCUT2D eigenvalue weighted by molar-refractivity contribution is -0.0530. The Bertz CT molecular complexity index is 1300. The second-order valence-electron chi connectivity index (χ2n) is 8.64. The zero-order chi connectivity index (χ0) is 20.6. The number of pyridine rings is 1. The Hall–Kier alpha value is -3.04. The molecule has 2 aliphatic rings. The van der Waals surface area contributed by atoms with Crippen LogP contribution < -0.4 is 4.90 Å². The van der Waals surface area contributed by atoms with Gasteiger partial charge in [0, 0.05) is 43.0 Å². The van der Waals surface area contributed by atoms with Crippen LogP contribution in [0.2, 0.25) is 0 Å². The van der Waals surface area contributed by atoms with Crippen molar-refractivity contribution >= 4 is 28.0 Å². The number of hydrogen-bond donors (Lipinski definition) is 2. The van der Waals surface area contributed by atoms with Crippen molar-refractivity contribution in [3.05, 3.63) is 29.8 Å². The highest BCUT2D eigenvalue weighted by Crippen LogP contribution is 2.36. The molecule has 0 amide bonds. The van der Waals surface area contributed by atoms with Gasteiger partial charge in [0.2, 0.25) is 0 Å². The molecule has 0 bridgehead atoms. The SMILES string of the molecule is Cc1c[nH]c2ncc(-c3nc(N4CC(O)C4)c4nc5n(c4n3)CCOC5(C)C)cc12. The molecule has 9 heteroatoms. The van der Waals surface area contributed by atoms with Crippen LogP contribution >= 0.6 is 0 Å². The zero-order valence-electron chi connectivity index (χ0n) is 17.2. The summed E-state index contributed by atoms with van der Waals surface area (Å²) in [6, 6.07) is 2.07. The van der Waals surface area contributed by atoms with E-state index in [1.54, 1.807) is 6.20 Å². The van der Waals surface area contributed by atoms with Crippen LogP contribution in [0.3, 0.4) is 0 Å². The van der Waals surface area contributed by atoms with Crippen molar-refractivity contribution in [3.8, 4) is 11.4 Å². The van der Waals surface area contributed by atoms with Gasteiger partial charge in [-0.15, -0.1) is 0 Å². The molecular formula is C21H23N7O2. The van der Waals surface area contributed by atoms with E-state index in [1.807, 2.05) is 20.0 Å². The van der Waals surface area contributed by atoms with E-state index in [9.17, 15) is 5.11 Å². The van der Waals surface area contributed by atoms with Crippen molar-refractivity contribution in [1.29, 1.82) is 0 Å². The summed E-state index contributed by atoms with van der Waals surface area (Å²) in [5.41, 5.74) is 3.90. The summed E-state index contributed by atoms with van der Waals surface area (Å²) in [4.78, 5) is 24.5. The van der Waals surface area contributed by atoms with Crippen molar-refractivity contribution in [2.24, 2.45) is 0 Å². The van der Waals surface area contributed by atoms with Gasteiger partial charge in [0.05, 0.1) is 12.7 Å². The van der Waals surface area contributed by atoms with E-state index >= 15 is 0 Å². The quantitative estimate of drug-likeness (QED) is 0.526. The van der Waals surface area contributed by atoms with Gasteiger partial charge in [0.25, 0.3) is 0 Å². The van der Waals surface area contributed by atoms with E-state index in [0.29, 0.717) is 32.1 Å². The number of aliphatic hydroxyl groups excluding tert-OH is 1. The molecule has 0 saturated carbocycles. The number of aliphatic hydroxyl groups is 1. The molecule has 0 unspecified atom stereocenters. The molecule has 1 saturated heterocycles. The first-order chi connectivity index (χ1) is 14.4. The lowest BCUT2D eigenvalue weighted by atomic mass is 10.1. The molecule has 4 aromatic heterocycles. The summed E-state index contributed by atoms with van der Waals surface area (Å²) >= 11 is 0. The number of aryl methyl sites for hydroxylation is 1. The molecule has 0 atom stereocenters. The molecule has 9 nitrogen and oxygen atoms in total. The number of nitrogens with one attached hydrogen (secondary N) is 1. The molecule has 2 aliphatic heterocycles. The number of rotatable bonds is 2. The molecule has 4 aromatic rings. The summed E-state index contributed by atoms with van der Waals surface area (Å²) in [5.74, 6) is 2.22. The fraction of sp³-hybridized carbons (Fsp3) is 0.429. The monoisotopic (exact) mass is 405 g/mol. The summed E-state index contributed by atoms with van der Waals surface area (Å²) in [7, 11) is 0. The highest BCUT2D eigenvalue weighted by Gasteiger charge is 2.36. The zero-order valence-corrected chi connectivity index (χ0v) is 17.2. The average molecular weight is 405 g/mol. The third-order valence-corrected chi connectivity index (χ3v) is 6.05. The smallest absolute Gasteiger partial charge is 0.166 e. The van der Waals surface area contributed by atoms with E-state index in [1.165, 1.54) is 0 Å². The Kier molecular flexibility index (Phi) is 3.55. The van der Waals surface area contributed by atoms with E-state index in [2.05, 4.69) is 32.4 Å². The summed E-state index contributed by atoms with van der Waals surface area (Å²) in [6.45, 7) is 8.50. The first-order valence-electron chi connectivity index (χ1n) is 10.2. The minimum atomic E-state index is -0.493. The van der Waals surface area contributed by atoms with Crippen molar-refractivity contribution in [2.75, 3.05) is 24.6 Å². The maximum absolute atomic E-state index is 9.86. The van der Waals surface area contributed by atoms with Gasteiger partial charge < -0.3 is 24.3 Å². The number of imidazole rings is 1. The number of hydrogen-bond acceptors (Lipinski definition) is 7. The molecule has 30 heavy (non-hydrogen) atoms. The van der Waals surface area contributed by atoms with Gasteiger partial charge in [-0.2, -0.15) is 0 Å². The van der Waals surface area contributed by atoms with Crippen LogP contribution in [0, 0.1) is 6.92 Å². The Balaban J connectivity index is 1.60. The van der Waals surface area contributed by atoms with Crippen LogP contribution in [-0.4, -0.2) is 60.4 Å². The molecule has 0 radical (unpaired) electrons. The van der Waals surface area contributed by atoms with E-state index < -0.39 is 5.60 Å². The van der Waals surface area contributed by atoms with Crippen LogP contribution in [-0.2, 0) is 16.9 Å². The van der Waals surface area contributed by atoms with Crippen LogP contribution in [0.5, 0.6) is 0 Å². The van der Waals surface area contributed by atoms with Crippen molar-refractivity contribution in [1.82, 2.24) is 29.5 Å². The molecule has 0 aromatic carbocycles. The predicted octanol–water partition coefficient (Wildman–Crippen LogP) is 2.12. The third kappa shape index (κ3) is 2.48. The van der Waals surface area contributed by atoms with Crippen LogP contribution in [0.1, 0.15) is 25.2 Å². The number of anilines is 1. The maximum atomic E-state index is 9.86. The first-order valence-corrected chi connectivity index (χ1v) is 10.2. The molecule has 6 heterocycles. The first kappa shape index (κ1) is 17.8. The Morgan fingerprint density at radius 1 is 1.23 bits per heavy atom. The fourth-order valence-corrected chi connectivity index (χ4v) is 4.35. The van der Waals surface area contributed by atoms with Crippen molar-refractivity contribution < 1.29 is 9.84 Å². The number of aromatic nitrogens is 6. The van der Waals surface area contributed by atoms with Gasteiger partial charge in [0.15, 0.2) is 22.8 Å². The van der Waals surface area contributed by atoms with Crippen LogP contribution in [0.4, 0.5) is 5.82 Å². The van der Waals surface area contributed by atoms with Gasteiger partial charge >= 0.3 is 0 Å². The highest BCUT2D eigenvalue weighted by molar-refractivity contribution is 5.88.